The van der Waals surface area contributed by atoms with Gasteiger partial charge in [-0.15, -0.1) is 0 Å². The molecule has 0 atom stereocenters. The summed E-state index contributed by atoms with van der Waals surface area (Å²) >= 11 is 0. The van der Waals surface area contributed by atoms with E-state index in [1.54, 1.807) is 6.07 Å². The molecule has 0 bridgehead atoms. The Balaban J connectivity index is 1.54. The van der Waals surface area contributed by atoms with Gasteiger partial charge in [-0.25, -0.2) is 4.98 Å². The van der Waals surface area contributed by atoms with Crippen LogP contribution in [0.15, 0.2) is 115 Å². The predicted molar refractivity (Wildman–Crippen MR) is 146 cm³/mol. The maximum Gasteiger partial charge on any atom is 0.144 e. The third kappa shape index (κ3) is 4.03. The summed E-state index contributed by atoms with van der Waals surface area (Å²) in [6.45, 7) is 0. The van der Waals surface area contributed by atoms with Crippen LogP contribution in [0.3, 0.4) is 0 Å². The number of phenolic OH excluding ortho intramolecular Hbond substituents is 1. The Hall–Kier alpha value is -4.70. The van der Waals surface area contributed by atoms with Crippen molar-refractivity contribution >= 4 is 11.0 Å². The normalized spacial score (nSPS) is 11.1. The minimum Gasteiger partial charge on any atom is -0.507 e. The van der Waals surface area contributed by atoms with E-state index in [4.69, 9.17) is 4.98 Å². The monoisotopic (exact) mass is 467 g/mol. The summed E-state index contributed by atoms with van der Waals surface area (Å²) in [6.07, 6.45) is 2.66. The minimum absolute atomic E-state index is 0.222. The largest absolute Gasteiger partial charge is 0.507 e. The smallest absolute Gasteiger partial charge is 0.144 e. The Kier molecular flexibility index (Phi) is 5.55. The second kappa shape index (κ2) is 9.16. The molecule has 0 amide bonds. The molecular formula is C32H25N3O. The fourth-order valence-corrected chi connectivity index (χ4v) is 4.81. The molecule has 0 spiro atoms. The van der Waals surface area contributed by atoms with Gasteiger partial charge < -0.3 is 9.67 Å². The van der Waals surface area contributed by atoms with Crippen LogP contribution in [0.5, 0.6) is 5.75 Å². The quantitative estimate of drug-likeness (QED) is 0.290. The molecule has 6 aromatic rings. The SMILES string of the molecule is Cn1c(-c2ccccc2O)nc2c(-c3cc(Cc4ccccc4)cc(-c4ccccn4)c3)cccc21. The molecule has 4 aromatic carbocycles. The zero-order chi connectivity index (χ0) is 24.5. The van der Waals surface area contributed by atoms with Gasteiger partial charge in [0.1, 0.15) is 11.6 Å². The third-order valence-electron chi connectivity index (χ3n) is 6.57. The van der Waals surface area contributed by atoms with Gasteiger partial charge in [0.25, 0.3) is 0 Å². The molecule has 0 fully saturated rings. The van der Waals surface area contributed by atoms with Crippen LogP contribution in [0.25, 0.3) is 44.8 Å². The van der Waals surface area contributed by atoms with E-state index in [0.29, 0.717) is 5.56 Å². The number of phenols is 1. The van der Waals surface area contributed by atoms with E-state index >= 15 is 0 Å². The van der Waals surface area contributed by atoms with Gasteiger partial charge in [0.15, 0.2) is 0 Å². The standard InChI is InChI=1S/C32H25N3O/c1-35-29-15-9-13-26(31(29)34-32(35)27-12-5-6-16-30(27)36)24-19-23(18-22-10-3-2-4-11-22)20-25(21-24)28-14-7-8-17-33-28/h2-17,19-21,36H,18H2,1H3. The summed E-state index contributed by atoms with van der Waals surface area (Å²) in [4.78, 5) is 9.64. The molecule has 6 rings (SSSR count). The van der Waals surface area contributed by atoms with Crippen LogP contribution in [-0.4, -0.2) is 19.6 Å². The van der Waals surface area contributed by atoms with Gasteiger partial charge >= 0.3 is 0 Å². The Morgan fingerprint density at radius 3 is 2.25 bits per heavy atom. The molecule has 0 radical (unpaired) electrons. The number of pyridine rings is 1. The Morgan fingerprint density at radius 2 is 1.44 bits per heavy atom. The fourth-order valence-electron chi connectivity index (χ4n) is 4.81. The Labute approximate surface area is 210 Å². The molecule has 1 N–H and O–H groups in total. The van der Waals surface area contributed by atoms with Gasteiger partial charge in [-0.2, -0.15) is 0 Å². The molecule has 36 heavy (non-hydrogen) atoms. The lowest BCUT2D eigenvalue weighted by Crippen LogP contribution is -1.93. The number of imidazole rings is 1. The van der Waals surface area contributed by atoms with Crippen molar-refractivity contribution in [3.05, 3.63) is 127 Å². The molecule has 2 aromatic heterocycles. The molecule has 0 saturated heterocycles. The van der Waals surface area contributed by atoms with Crippen LogP contribution < -0.4 is 0 Å². The Bertz CT molecular complexity index is 1670. The molecule has 174 valence electrons. The van der Waals surface area contributed by atoms with Crippen molar-refractivity contribution in [2.24, 2.45) is 7.05 Å². The van der Waals surface area contributed by atoms with Crippen molar-refractivity contribution in [1.29, 1.82) is 0 Å². The molecule has 2 heterocycles. The lowest BCUT2D eigenvalue weighted by molar-refractivity contribution is 0.476. The molecule has 4 heteroatoms. The highest BCUT2D eigenvalue weighted by Gasteiger charge is 2.17. The molecule has 0 aliphatic heterocycles. The van der Waals surface area contributed by atoms with Crippen LogP contribution >= 0.6 is 0 Å². The van der Waals surface area contributed by atoms with Gasteiger partial charge in [0.05, 0.1) is 22.3 Å². The first-order valence-electron chi connectivity index (χ1n) is 12.0. The number of hydrogen-bond acceptors (Lipinski definition) is 3. The van der Waals surface area contributed by atoms with Crippen LogP contribution in [0.4, 0.5) is 0 Å². The number of aryl methyl sites for hydroxylation is 1. The zero-order valence-corrected chi connectivity index (χ0v) is 20.0. The molecule has 0 unspecified atom stereocenters. The number of benzene rings is 4. The van der Waals surface area contributed by atoms with Crippen molar-refractivity contribution in [2.75, 3.05) is 0 Å². The van der Waals surface area contributed by atoms with Gasteiger partial charge in [0.2, 0.25) is 0 Å². The molecule has 0 aliphatic carbocycles. The third-order valence-corrected chi connectivity index (χ3v) is 6.57. The number of aromatic hydroxyl groups is 1. The second-order valence-corrected chi connectivity index (χ2v) is 8.98. The summed E-state index contributed by atoms with van der Waals surface area (Å²) in [5.74, 6) is 0.959. The average molecular weight is 468 g/mol. The highest BCUT2D eigenvalue weighted by atomic mass is 16.3. The van der Waals surface area contributed by atoms with Crippen molar-refractivity contribution in [1.82, 2.24) is 14.5 Å². The summed E-state index contributed by atoms with van der Waals surface area (Å²) in [7, 11) is 1.99. The van der Waals surface area contributed by atoms with Crippen LogP contribution in [0, 0.1) is 0 Å². The van der Waals surface area contributed by atoms with Gasteiger partial charge in [0, 0.05) is 24.4 Å². The number of para-hydroxylation sites is 2. The first-order valence-corrected chi connectivity index (χ1v) is 12.0. The van der Waals surface area contributed by atoms with E-state index < -0.39 is 0 Å². The van der Waals surface area contributed by atoms with Gasteiger partial charge in [-0.1, -0.05) is 66.7 Å². The number of hydrogen-bond donors (Lipinski definition) is 1. The van der Waals surface area contributed by atoms with E-state index in [-0.39, 0.29) is 5.75 Å². The second-order valence-electron chi connectivity index (χ2n) is 8.98. The van der Waals surface area contributed by atoms with Gasteiger partial charge in [-0.05, 0) is 65.6 Å². The van der Waals surface area contributed by atoms with Gasteiger partial charge in [-0.3, -0.25) is 4.98 Å². The minimum atomic E-state index is 0.222. The first-order chi connectivity index (χ1) is 17.7. The number of aromatic nitrogens is 3. The maximum atomic E-state index is 10.5. The molecule has 0 saturated carbocycles. The number of fused-ring (bicyclic) bond motifs is 1. The number of rotatable bonds is 5. The van der Waals surface area contributed by atoms with Crippen molar-refractivity contribution < 1.29 is 5.11 Å². The summed E-state index contributed by atoms with van der Waals surface area (Å²) < 4.78 is 2.04. The van der Waals surface area contributed by atoms with E-state index in [0.717, 1.165) is 45.7 Å². The van der Waals surface area contributed by atoms with Crippen molar-refractivity contribution in [3.8, 4) is 39.5 Å². The predicted octanol–water partition coefficient (Wildman–Crippen LogP) is 7.27. The molecule has 0 aliphatic rings. The van der Waals surface area contributed by atoms with E-state index in [9.17, 15) is 5.11 Å². The number of nitrogens with zero attached hydrogens (tertiary/aromatic N) is 3. The van der Waals surface area contributed by atoms with Crippen molar-refractivity contribution in [2.45, 2.75) is 6.42 Å². The topological polar surface area (TPSA) is 50.9 Å². The maximum absolute atomic E-state index is 10.5. The lowest BCUT2D eigenvalue weighted by atomic mass is 9.94. The van der Waals surface area contributed by atoms with Crippen molar-refractivity contribution in [3.63, 3.8) is 0 Å². The summed E-state index contributed by atoms with van der Waals surface area (Å²) in [5.41, 5.74) is 9.28. The zero-order valence-electron chi connectivity index (χ0n) is 20.0. The first kappa shape index (κ1) is 21.8. The van der Waals surface area contributed by atoms with Crippen LogP contribution in [0.1, 0.15) is 11.1 Å². The van der Waals surface area contributed by atoms with Crippen LogP contribution in [0.2, 0.25) is 0 Å². The summed E-state index contributed by atoms with van der Waals surface area (Å²) in [5, 5.41) is 10.5. The lowest BCUT2D eigenvalue weighted by Gasteiger charge is -2.11. The van der Waals surface area contributed by atoms with Crippen LogP contribution in [-0.2, 0) is 13.5 Å². The highest BCUT2D eigenvalue weighted by Crippen LogP contribution is 2.36. The molecular weight excluding hydrogens is 442 g/mol. The summed E-state index contributed by atoms with van der Waals surface area (Å²) in [6, 6.07) is 36.8. The Morgan fingerprint density at radius 1 is 0.694 bits per heavy atom. The average Bonchev–Trinajstić information content (AvgIpc) is 3.26. The van der Waals surface area contributed by atoms with E-state index in [1.165, 1.54) is 11.1 Å². The fraction of sp³-hybridized carbons (Fsp3) is 0.0625. The molecule has 4 nitrogen and oxygen atoms in total. The highest BCUT2D eigenvalue weighted by molar-refractivity contribution is 5.95. The van der Waals surface area contributed by atoms with E-state index in [2.05, 4.69) is 65.6 Å². The van der Waals surface area contributed by atoms with E-state index in [1.807, 2.05) is 60.3 Å².